The predicted octanol–water partition coefficient (Wildman–Crippen LogP) is 4.83. The highest BCUT2D eigenvalue weighted by Gasteiger charge is 2.08. The molecule has 1 unspecified atom stereocenters. The molecule has 0 aliphatic rings. The van der Waals surface area contributed by atoms with E-state index >= 15 is 0 Å². The van der Waals surface area contributed by atoms with Crippen molar-refractivity contribution in [1.82, 2.24) is 0 Å². The van der Waals surface area contributed by atoms with Gasteiger partial charge in [-0.25, -0.2) is 0 Å². The molecule has 0 spiro atoms. The Labute approximate surface area is 129 Å². The van der Waals surface area contributed by atoms with Crippen molar-refractivity contribution in [2.45, 2.75) is 17.4 Å². The lowest BCUT2D eigenvalue weighted by molar-refractivity contribution is 0.757. The van der Waals surface area contributed by atoms with Crippen LogP contribution in [-0.2, 0) is 6.42 Å². The van der Waals surface area contributed by atoms with Crippen molar-refractivity contribution in [1.29, 1.82) is 0 Å². The second-order valence-corrected chi connectivity index (χ2v) is 7.93. The third-order valence-corrected chi connectivity index (χ3v) is 5.73. The van der Waals surface area contributed by atoms with Gasteiger partial charge in [-0.05, 0) is 46.6 Å². The molecule has 0 fully saturated rings. The Hall–Kier alpha value is -0.0000000000000000833. The maximum absolute atomic E-state index is 6.14. The fraction of sp³-hybridized carbons (Fsp3) is 0.231. The first kappa shape index (κ1) is 14.4. The molecular formula is C13H13BrClNS2. The van der Waals surface area contributed by atoms with Gasteiger partial charge in [-0.2, -0.15) is 0 Å². The molecule has 0 bridgehead atoms. The Morgan fingerprint density at radius 1 is 1.28 bits per heavy atom. The zero-order chi connectivity index (χ0) is 13.0. The van der Waals surface area contributed by atoms with E-state index < -0.39 is 0 Å². The lowest BCUT2D eigenvalue weighted by atomic mass is 10.2. The van der Waals surface area contributed by atoms with Crippen LogP contribution in [0.3, 0.4) is 0 Å². The smallest absolute Gasteiger partial charge is 0.0701 e. The molecule has 1 heterocycles. The van der Waals surface area contributed by atoms with Crippen molar-refractivity contribution in [2.24, 2.45) is 5.73 Å². The number of benzene rings is 1. The molecule has 1 atom stereocenters. The number of halogens is 2. The van der Waals surface area contributed by atoms with Gasteiger partial charge in [-0.1, -0.05) is 23.7 Å². The average molecular weight is 363 g/mol. The highest BCUT2D eigenvalue weighted by Crippen LogP contribution is 2.28. The minimum absolute atomic E-state index is 0.150. The highest BCUT2D eigenvalue weighted by atomic mass is 79.9. The second-order valence-electron chi connectivity index (χ2n) is 3.91. The van der Waals surface area contributed by atoms with Crippen molar-refractivity contribution < 1.29 is 0 Å². The molecule has 2 rings (SSSR count). The molecule has 0 aliphatic carbocycles. The van der Waals surface area contributed by atoms with Crippen LogP contribution in [-0.4, -0.2) is 11.8 Å². The molecule has 1 aromatic heterocycles. The van der Waals surface area contributed by atoms with Gasteiger partial charge in [0.15, 0.2) is 0 Å². The molecule has 5 heteroatoms. The van der Waals surface area contributed by atoms with Crippen LogP contribution in [0.2, 0.25) is 5.02 Å². The molecule has 18 heavy (non-hydrogen) atoms. The topological polar surface area (TPSA) is 26.0 Å². The van der Waals surface area contributed by atoms with Crippen LogP contribution in [0.1, 0.15) is 4.88 Å². The molecule has 0 saturated carbocycles. The minimum Gasteiger partial charge on any atom is -0.327 e. The number of hydrogen-bond acceptors (Lipinski definition) is 3. The van der Waals surface area contributed by atoms with Crippen LogP contribution in [0.15, 0.2) is 45.1 Å². The first-order chi connectivity index (χ1) is 8.65. The van der Waals surface area contributed by atoms with E-state index in [1.54, 1.807) is 23.1 Å². The van der Waals surface area contributed by atoms with Crippen LogP contribution < -0.4 is 5.73 Å². The van der Waals surface area contributed by atoms with Crippen LogP contribution >= 0.6 is 50.6 Å². The first-order valence-electron chi connectivity index (χ1n) is 5.52. The van der Waals surface area contributed by atoms with Crippen LogP contribution in [0.4, 0.5) is 0 Å². The zero-order valence-corrected chi connectivity index (χ0v) is 13.6. The van der Waals surface area contributed by atoms with E-state index in [4.69, 9.17) is 17.3 Å². The quantitative estimate of drug-likeness (QED) is 0.771. The van der Waals surface area contributed by atoms with Gasteiger partial charge in [-0.3, -0.25) is 0 Å². The Morgan fingerprint density at radius 2 is 2.06 bits per heavy atom. The van der Waals surface area contributed by atoms with Crippen LogP contribution in [0.5, 0.6) is 0 Å². The standard InChI is InChI=1S/C13H13BrClNS2/c14-13-6-5-10(18-13)7-9(16)8-17-12-4-2-1-3-11(12)15/h1-6,9H,7-8,16H2. The third-order valence-electron chi connectivity index (χ3n) is 2.38. The van der Waals surface area contributed by atoms with Gasteiger partial charge >= 0.3 is 0 Å². The molecule has 96 valence electrons. The maximum Gasteiger partial charge on any atom is 0.0701 e. The normalized spacial score (nSPS) is 12.6. The Balaban J connectivity index is 1.85. The van der Waals surface area contributed by atoms with E-state index in [2.05, 4.69) is 28.1 Å². The Bertz CT molecular complexity index is 515. The van der Waals surface area contributed by atoms with Gasteiger partial charge in [-0.15, -0.1) is 23.1 Å². The summed E-state index contributed by atoms with van der Waals surface area (Å²) in [7, 11) is 0. The molecule has 1 nitrogen and oxygen atoms in total. The summed E-state index contributed by atoms with van der Waals surface area (Å²) >= 11 is 13.0. The zero-order valence-electron chi connectivity index (χ0n) is 9.61. The summed E-state index contributed by atoms with van der Waals surface area (Å²) in [6.07, 6.45) is 0.910. The van der Waals surface area contributed by atoms with E-state index in [1.165, 1.54) is 4.88 Å². The fourth-order valence-corrected chi connectivity index (χ4v) is 4.30. The van der Waals surface area contributed by atoms with Crippen molar-refractivity contribution in [3.8, 4) is 0 Å². The molecule has 1 aromatic carbocycles. The van der Waals surface area contributed by atoms with E-state index in [-0.39, 0.29) is 6.04 Å². The molecule has 2 N–H and O–H groups in total. The monoisotopic (exact) mass is 361 g/mol. The van der Waals surface area contributed by atoms with Crippen LogP contribution in [0.25, 0.3) is 0 Å². The summed E-state index contributed by atoms with van der Waals surface area (Å²) in [5, 5.41) is 0.800. The van der Waals surface area contributed by atoms with Gasteiger partial charge in [0.25, 0.3) is 0 Å². The van der Waals surface area contributed by atoms with Crippen molar-refractivity contribution >= 4 is 50.6 Å². The average Bonchev–Trinajstić information content (AvgIpc) is 2.74. The largest absolute Gasteiger partial charge is 0.327 e. The minimum atomic E-state index is 0.150. The van der Waals surface area contributed by atoms with Gasteiger partial charge < -0.3 is 5.73 Å². The summed E-state index contributed by atoms with van der Waals surface area (Å²) in [4.78, 5) is 2.41. The number of thiophene rings is 1. The van der Waals surface area contributed by atoms with Crippen molar-refractivity contribution in [3.63, 3.8) is 0 Å². The van der Waals surface area contributed by atoms with Gasteiger partial charge in [0.2, 0.25) is 0 Å². The number of thioether (sulfide) groups is 1. The SMILES string of the molecule is NC(CSc1ccccc1Cl)Cc1ccc(Br)s1. The number of hydrogen-bond donors (Lipinski definition) is 1. The summed E-state index contributed by atoms with van der Waals surface area (Å²) in [6, 6.07) is 12.2. The number of nitrogens with two attached hydrogens (primary N) is 1. The highest BCUT2D eigenvalue weighted by molar-refractivity contribution is 9.11. The van der Waals surface area contributed by atoms with Crippen molar-refractivity contribution in [3.05, 3.63) is 50.1 Å². The molecule has 0 saturated heterocycles. The van der Waals surface area contributed by atoms with Gasteiger partial charge in [0, 0.05) is 21.6 Å². The summed E-state index contributed by atoms with van der Waals surface area (Å²) in [5.41, 5.74) is 6.14. The lowest BCUT2D eigenvalue weighted by Crippen LogP contribution is -2.25. The number of rotatable bonds is 5. The predicted molar refractivity (Wildman–Crippen MR) is 85.9 cm³/mol. The molecule has 2 aromatic rings. The van der Waals surface area contributed by atoms with Crippen molar-refractivity contribution in [2.75, 3.05) is 5.75 Å². The summed E-state index contributed by atoms with van der Waals surface area (Å²) in [5.74, 6) is 0.874. The molecule has 0 amide bonds. The molecule has 0 aliphatic heterocycles. The van der Waals surface area contributed by atoms with Gasteiger partial charge in [0.05, 0.1) is 8.81 Å². The van der Waals surface area contributed by atoms with E-state index in [1.807, 2.05) is 24.3 Å². The van der Waals surface area contributed by atoms with E-state index in [0.29, 0.717) is 0 Å². The van der Waals surface area contributed by atoms with Crippen LogP contribution in [0, 0.1) is 0 Å². The second kappa shape index (κ2) is 6.96. The lowest BCUT2D eigenvalue weighted by Gasteiger charge is -2.10. The molecule has 0 radical (unpaired) electrons. The Morgan fingerprint density at radius 3 is 2.72 bits per heavy atom. The third kappa shape index (κ3) is 4.28. The Kier molecular flexibility index (Phi) is 5.57. The summed E-state index contributed by atoms with van der Waals surface area (Å²) in [6.45, 7) is 0. The van der Waals surface area contributed by atoms with E-state index in [0.717, 1.165) is 25.9 Å². The van der Waals surface area contributed by atoms with Gasteiger partial charge in [0.1, 0.15) is 0 Å². The fourth-order valence-electron chi connectivity index (χ4n) is 1.54. The summed E-state index contributed by atoms with van der Waals surface area (Å²) < 4.78 is 1.16. The van der Waals surface area contributed by atoms with E-state index in [9.17, 15) is 0 Å². The first-order valence-corrected chi connectivity index (χ1v) is 8.49. The maximum atomic E-state index is 6.14. The molecular weight excluding hydrogens is 350 g/mol.